The second-order valence-corrected chi connectivity index (χ2v) is 5.35. The SMILES string of the molecule is CCOC(C)c1noc(CNC(C)(C(N)=O)c2ccccc2)n1. The molecule has 0 aliphatic rings. The molecule has 2 unspecified atom stereocenters. The molecular formula is C16H22N4O3. The van der Waals surface area contributed by atoms with Gasteiger partial charge >= 0.3 is 0 Å². The van der Waals surface area contributed by atoms with Crippen molar-refractivity contribution < 1.29 is 14.1 Å². The minimum Gasteiger partial charge on any atom is -0.371 e. The molecule has 0 bridgehead atoms. The summed E-state index contributed by atoms with van der Waals surface area (Å²) in [6, 6.07) is 9.27. The van der Waals surface area contributed by atoms with E-state index in [1.54, 1.807) is 6.92 Å². The van der Waals surface area contributed by atoms with Crippen molar-refractivity contribution in [2.24, 2.45) is 5.73 Å². The molecule has 0 radical (unpaired) electrons. The van der Waals surface area contributed by atoms with E-state index in [0.717, 1.165) is 5.56 Å². The van der Waals surface area contributed by atoms with E-state index in [4.69, 9.17) is 15.0 Å². The van der Waals surface area contributed by atoms with Crippen molar-refractivity contribution in [1.29, 1.82) is 0 Å². The van der Waals surface area contributed by atoms with E-state index in [-0.39, 0.29) is 12.6 Å². The van der Waals surface area contributed by atoms with Crippen molar-refractivity contribution in [3.8, 4) is 0 Å². The monoisotopic (exact) mass is 318 g/mol. The molecule has 124 valence electrons. The molecule has 7 heteroatoms. The first kappa shape index (κ1) is 17.1. The summed E-state index contributed by atoms with van der Waals surface area (Å²) in [5, 5.41) is 6.99. The van der Waals surface area contributed by atoms with Crippen molar-refractivity contribution in [1.82, 2.24) is 15.5 Å². The number of carbonyl (C=O) groups excluding carboxylic acids is 1. The number of hydrogen-bond donors (Lipinski definition) is 2. The topological polar surface area (TPSA) is 103 Å². The second kappa shape index (κ2) is 7.34. The van der Waals surface area contributed by atoms with Gasteiger partial charge in [0.1, 0.15) is 11.6 Å². The third-order valence-corrected chi connectivity index (χ3v) is 3.70. The van der Waals surface area contributed by atoms with E-state index in [1.807, 2.05) is 44.2 Å². The van der Waals surface area contributed by atoms with Crippen molar-refractivity contribution in [3.63, 3.8) is 0 Å². The van der Waals surface area contributed by atoms with Crippen LogP contribution in [0.2, 0.25) is 0 Å². The number of benzene rings is 1. The van der Waals surface area contributed by atoms with Gasteiger partial charge in [-0.25, -0.2) is 0 Å². The van der Waals surface area contributed by atoms with Crippen molar-refractivity contribution >= 4 is 5.91 Å². The molecule has 1 amide bonds. The molecule has 1 aromatic carbocycles. The molecule has 23 heavy (non-hydrogen) atoms. The molecule has 0 aliphatic carbocycles. The lowest BCUT2D eigenvalue weighted by molar-refractivity contribution is -0.124. The lowest BCUT2D eigenvalue weighted by atomic mass is 9.91. The summed E-state index contributed by atoms with van der Waals surface area (Å²) in [6.07, 6.45) is -0.242. The fourth-order valence-electron chi connectivity index (χ4n) is 2.18. The highest BCUT2D eigenvalue weighted by Gasteiger charge is 2.33. The summed E-state index contributed by atoms with van der Waals surface area (Å²) in [7, 11) is 0. The maximum absolute atomic E-state index is 11.9. The van der Waals surface area contributed by atoms with Gasteiger partial charge in [-0.1, -0.05) is 35.5 Å². The Balaban J connectivity index is 2.10. The molecule has 1 aromatic heterocycles. The van der Waals surface area contributed by atoms with Crippen LogP contribution in [-0.2, 0) is 21.6 Å². The summed E-state index contributed by atoms with van der Waals surface area (Å²) in [5.74, 6) is 0.366. The van der Waals surface area contributed by atoms with Crippen LogP contribution in [0.4, 0.5) is 0 Å². The number of amides is 1. The van der Waals surface area contributed by atoms with Crippen LogP contribution in [0.15, 0.2) is 34.9 Å². The predicted molar refractivity (Wildman–Crippen MR) is 84.2 cm³/mol. The van der Waals surface area contributed by atoms with Gasteiger partial charge in [-0.2, -0.15) is 4.98 Å². The Morgan fingerprint density at radius 2 is 2.13 bits per heavy atom. The van der Waals surface area contributed by atoms with E-state index in [0.29, 0.717) is 18.3 Å². The number of rotatable bonds is 8. The quantitative estimate of drug-likeness (QED) is 0.767. The zero-order valence-corrected chi connectivity index (χ0v) is 13.6. The number of primary amides is 1. The number of nitrogens with two attached hydrogens (primary N) is 1. The summed E-state index contributed by atoms with van der Waals surface area (Å²) in [5.41, 5.74) is 5.32. The summed E-state index contributed by atoms with van der Waals surface area (Å²) in [6.45, 7) is 6.27. The zero-order valence-electron chi connectivity index (χ0n) is 13.6. The highest BCUT2D eigenvalue weighted by molar-refractivity contribution is 5.85. The van der Waals surface area contributed by atoms with Gasteiger partial charge in [0.25, 0.3) is 0 Å². The first-order chi connectivity index (χ1) is 11.0. The molecule has 2 aromatic rings. The van der Waals surface area contributed by atoms with Crippen LogP contribution in [0.5, 0.6) is 0 Å². The van der Waals surface area contributed by atoms with E-state index in [2.05, 4.69) is 15.5 Å². The lowest BCUT2D eigenvalue weighted by Crippen LogP contribution is -2.50. The third-order valence-electron chi connectivity index (χ3n) is 3.70. The normalized spacial score (nSPS) is 15.1. The Morgan fingerprint density at radius 3 is 2.74 bits per heavy atom. The number of nitrogens with zero attached hydrogens (tertiary/aromatic N) is 2. The smallest absolute Gasteiger partial charge is 0.242 e. The first-order valence-electron chi connectivity index (χ1n) is 7.52. The largest absolute Gasteiger partial charge is 0.371 e. The van der Waals surface area contributed by atoms with Gasteiger partial charge in [-0.15, -0.1) is 0 Å². The van der Waals surface area contributed by atoms with Crippen LogP contribution in [0, 0.1) is 0 Å². The number of aromatic nitrogens is 2. The van der Waals surface area contributed by atoms with Gasteiger partial charge in [0.15, 0.2) is 5.82 Å². The predicted octanol–water partition coefficient (Wildman–Crippen LogP) is 1.66. The molecule has 2 atom stereocenters. The molecular weight excluding hydrogens is 296 g/mol. The molecule has 1 heterocycles. The Kier molecular flexibility index (Phi) is 5.46. The second-order valence-electron chi connectivity index (χ2n) is 5.35. The Labute approximate surface area is 135 Å². The fourth-order valence-corrected chi connectivity index (χ4v) is 2.18. The molecule has 3 N–H and O–H groups in total. The molecule has 7 nitrogen and oxygen atoms in total. The van der Waals surface area contributed by atoms with Crippen molar-refractivity contribution in [3.05, 3.63) is 47.6 Å². The maximum atomic E-state index is 11.9. The first-order valence-corrected chi connectivity index (χ1v) is 7.52. The molecule has 0 saturated heterocycles. The minimum atomic E-state index is -1.03. The zero-order chi connectivity index (χ0) is 16.9. The van der Waals surface area contributed by atoms with Gasteiger partial charge in [0.2, 0.25) is 11.8 Å². The highest BCUT2D eigenvalue weighted by atomic mass is 16.5. The Morgan fingerprint density at radius 1 is 1.43 bits per heavy atom. The standard InChI is InChI=1S/C16H22N4O3/c1-4-22-11(2)14-19-13(23-20-14)10-18-16(3,15(17)21)12-8-6-5-7-9-12/h5-9,11,18H,4,10H2,1-3H3,(H2,17,21). The number of ether oxygens (including phenoxy) is 1. The van der Waals surface area contributed by atoms with Crippen LogP contribution < -0.4 is 11.1 Å². The van der Waals surface area contributed by atoms with Crippen LogP contribution >= 0.6 is 0 Å². The molecule has 0 fully saturated rings. The van der Waals surface area contributed by atoms with E-state index >= 15 is 0 Å². The van der Waals surface area contributed by atoms with Crippen LogP contribution in [0.3, 0.4) is 0 Å². The van der Waals surface area contributed by atoms with Crippen molar-refractivity contribution in [2.75, 3.05) is 6.61 Å². The van der Waals surface area contributed by atoms with Gasteiger partial charge in [0.05, 0.1) is 6.54 Å². The van der Waals surface area contributed by atoms with Gasteiger partial charge in [0, 0.05) is 6.61 Å². The summed E-state index contributed by atoms with van der Waals surface area (Å²) >= 11 is 0. The number of nitrogens with one attached hydrogen (secondary N) is 1. The van der Waals surface area contributed by atoms with Crippen LogP contribution in [0.1, 0.15) is 44.2 Å². The van der Waals surface area contributed by atoms with Crippen LogP contribution in [0.25, 0.3) is 0 Å². The summed E-state index contributed by atoms with van der Waals surface area (Å²) < 4.78 is 10.6. The van der Waals surface area contributed by atoms with Gasteiger partial charge in [-0.3, -0.25) is 10.1 Å². The summed E-state index contributed by atoms with van der Waals surface area (Å²) in [4.78, 5) is 16.2. The van der Waals surface area contributed by atoms with Crippen molar-refractivity contribution in [2.45, 2.75) is 39.0 Å². The molecule has 0 saturated carbocycles. The Hall–Kier alpha value is -2.25. The Bertz CT molecular complexity index is 644. The van der Waals surface area contributed by atoms with Gasteiger partial charge < -0.3 is 15.0 Å². The average molecular weight is 318 g/mol. The third kappa shape index (κ3) is 3.94. The minimum absolute atomic E-state index is 0.222. The highest BCUT2D eigenvalue weighted by Crippen LogP contribution is 2.21. The molecule has 2 rings (SSSR count). The fraction of sp³-hybridized carbons (Fsp3) is 0.438. The molecule has 0 aliphatic heterocycles. The molecule has 0 spiro atoms. The number of carbonyl (C=O) groups is 1. The van der Waals surface area contributed by atoms with E-state index in [9.17, 15) is 4.79 Å². The lowest BCUT2D eigenvalue weighted by Gasteiger charge is -2.27. The number of hydrogen-bond acceptors (Lipinski definition) is 6. The van der Waals surface area contributed by atoms with Crippen LogP contribution in [-0.4, -0.2) is 22.7 Å². The van der Waals surface area contributed by atoms with E-state index < -0.39 is 11.4 Å². The maximum Gasteiger partial charge on any atom is 0.242 e. The average Bonchev–Trinajstić information content (AvgIpc) is 3.02. The van der Waals surface area contributed by atoms with Gasteiger partial charge in [-0.05, 0) is 26.3 Å². The van der Waals surface area contributed by atoms with E-state index in [1.165, 1.54) is 0 Å².